The minimum Gasteiger partial charge on any atom is -0.359 e. The highest BCUT2D eigenvalue weighted by atomic mass is 35.5. The van der Waals surface area contributed by atoms with Crippen LogP contribution in [0.3, 0.4) is 0 Å². The summed E-state index contributed by atoms with van der Waals surface area (Å²) in [6, 6.07) is 8.55. The van der Waals surface area contributed by atoms with Gasteiger partial charge >= 0.3 is 0 Å². The van der Waals surface area contributed by atoms with Crippen molar-refractivity contribution in [3.63, 3.8) is 0 Å². The van der Waals surface area contributed by atoms with Gasteiger partial charge in [-0.1, -0.05) is 37.5 Å². The Kier molecular flexibility index (Phi) is 4.48. The Morgan fingerprint density at radius 3 is 2.52 bits per heavy atom. The fourth-order valence-electron chi connectivity index (χ4n) is 1.61. The van der Waals surface area contributed by atoms with Gasteiger partial charge < -0.3 is 9.84 Å². The van der Waals surface area contributed by atoms with Crippen molar-refractivity contribution in [1.29, 1.82) is 0 Å². The first-order valence-electron chi connectivity index (χ1n) is 6.56. The van der Waals surface area contributed by atoms with E-state index < -0.39 is 0 Å². The molecule has 0 amide bonds. The number of allylic oxidation sites excluding steroid dienone is 1. The van der Waals surface area contributed by atoms with E-state index >= 15 is 0 Å². The number of hydrogen-bond donors (Lipinski definition) is 1. The quantitative estimate of drug-likeness (QED) is 0.670. The average Bonchev–Trinajstić information content (AvgIpc) is 2.88. The molecule has 5 heteroatoms. The molecule has 0 aliphatic heterocycles. The second-order valence-electron chi connectivity index (χ2n) is 5.68. The van der Waals surface area contributed by atoms with Crippen LogP contribution in [0.25, 0.3) is 0 Å². The van der Waals surface area contributed by atoms with Crippen molar-refractivity contribution < 1.29 is 9.32 Å². The van der Waals surface area contributed by atoms with Crippen LogP contribution in [-0.2, 0) is 5.41 Å². The summed E-state index contributed by atoms with van der Waals surface area (Å²) in [4.78, 5) is 11.9. The molecule has 0 radical (unpaired) electrons. The van der Waals surface area contributed by atoms with Gasteiger partial charge in [0.05, 0.1) is 0 Å². The van der Waals surface area contributed by atoms with E-state index in [1.54, 1.807) is 30.5 Å². The molecule has 2 rings (SSSR count). The summed E-state index contributed by atoms with van der Waals surface area (Å²) in [5.74, 6) is 1.24. The highest BCUT2D eigenvalue weighted by Gasteiger charge is 2.19. The van der Waals surface area contributed by atoms with Crippen molar-refractivity contribution in [2.45, 2.75) is 26.2 Å². The minimum absolute atomic E-state index is 0.101. The monoisotopic (exact) mass is 304 g/mol. The lowest BCUT2D eigenvalue weighted by atomic mass is 9.93. The van der Waals surface area contributed by atoms with Crippen molar-refractivity contribution in [1.82, 2.24) is 5.16 Å². The standard InChI is InChI=1S/C16H17ClN2O2/c1-16(2,3)14-10-15(19-21-14)18-9-8-13(20)11-4-6-12(17)7-5-11/h4-10H,1-3H3,(H,18,19). The maximum Gasteiger partial charge on any atom is 0.187 e. The Balaban J connectivity index is 1.97. The summed E-state index contributed by atoms with van der Waals surface area (Å²) in [6.07, 6.45) is 2.98. The number of halogens is 1. The van der Waals surface area contributed by atoms with Crippen molar-refractivity contribution >= 4 is 23.2 Å². The molecule has 1 N–H and O–H groups in total. The molecular formula is C16H17ClN2O2. The van der Waals surface area contributed by atoms with Crippen molar-refractivity contribution in [2.24, 2.45) is 0 Å². The lowest BCUT2D eigenvalue weighted by Crippen LogP contribution is -2.09. The third kappa shape index (κ3) is 4.20. The Hall–Kier alpha value is -2.07. The molecule has 0 saturated carbocycles. The third-order valence-corrected chi connectivity index (χ3v) is 3.10. The van der Waals surface area contributed by atoms with Crippen LogP contribution in [0, 0.1) is 0 Å². The molecule has 0 aliphatic carbocycles. The predicted molar refractivity (Wildman–Crippen MR) is 83.7 cm³/mol. The summed E-state index contributed by atoms with van der Waals surface area (Å²) in [6.45, 7) is 6.12. The third-order valence-electron chi connectivity index (χ3n) is 2.84. The second kappa shape index (κ2) is 6.14. The number of benzene rings is 1. The first-order chi connectivity index (χ1) is 9.86. The van der Waals surface area contributed by atoms with Crippen molar-refractivity contribution in [2.75, 3.05) is 5.32 Å². The number of nitrogens with one attached hydrogen (secondary N) is 1. The zero-order valence-corrected chi connectivity index (χ0v) is 12.9. The normalized spacial score (nSPS) is 11.8. The van der Waals surface area contributed by atoms with E-state index in [1.807, 2.05) is 26.8 Å². The predicted octanol–water partition coefficient (Wildman–Crippen LogP) is 4.43. The van der Waals surface area contributed by atoms with Crippen LogP contribution in [0.1, 0.15) is 36.9 Å². The Morgan fingerprint density at radius 2 is 1.95 bits per heavy atom. The molecule has 0 bridgehead atoms. The Morgan fingerprint density at radius 1 is 1.29 bits per heavy atom. The fourth-order valence-corrected chi connectivity index (χ4v) is 1.74. The highest BCUT2D eigenvalue weighted by Crippen LogP contribution is 2.24. The van der Waals surface area contributed by atoms with Gasteiger partial charge in [0, 0.05) is 34.3 Å². The van der Waals surface area contributed by atoms with E-state index in [9.17, 15) is 4.79 Å². The summed E-state index contributed by atoms with van der Waals surface area (Å²) < 4.78 is 5.24. The molecule has 0 fully saturated rings. The number of hydrogen-bond acceptors (Lipinski definition) is 4. The van der Waals surface area contributed by atoms with Crippen LogP contribution >= 0.6 is 11.6 Å². The van der Waals surface area contributed by atoms with Crippen LogP contribution < -0.4 is 5.32 Å². The SMILES string of the molecule is CC(C)(C)c1cc(NC=CC(=O)c2ccc(Cl)cc2)no1. The molecule has 1 aromatic heterocycles. The summed E-state index contributed by atoms with van der Waals surface area (Å²) >= 11 is 5.78. The number of nitrogens with zero attached hydrogens (tertiary/aromatic N) is 1. The van der Waals surface area contributed by atoms with Gasteiger partial charge in [0.1, 0.15) is 5.76 Å². The molecule has 0 aliphatic rings. The van der Waals surface area contributed by atoms with Gasteiger partial charge in [-0.3, -0.25) is 4.79 Å². The van der Waals surface area contributed by atoms with Gasteiger partial charge in [0.15, 0.2) is 11.6 Å². The number of rotatable bonds is 4. The van der Waals surface area contributed by atoms with Crippen LogP contribution in [0.15, 0.2) is 47.1 Å². The largest absolute Gasteiger partial charge is 0.359 e. The highest BCUT2D eigenvalue weighted by molar-refractivity contribution is 6.30. The molecule has 0 spiro atoms. The molecule has 110 valence electrons. The van der Waals surface area contributed by atoms with Crippen molar-refractivity contribution in [3.05, 3.63) is 59.0 Å². The maximum absolute atomic E-state index is 11.9. The second-order valence-corrected chi connectivity index (χ2v) is 6.11. The maximum atomic E-state index is 11.9. The van der Waals surface area contributed by atoms with Gasteiger partial charge in [-0.2, -0.15) is 0 Å². The molecule has 0 unspecified atom stereocenters. The molecule has 1 aromatic carbocycles. The van der Waals surface area contributed by atoms with Crippen molar-refractivity contribution in [3.8, 4) is 0 Å². The summed E-state index contributed by atoms with van der Waals surface area (Å²) in [5, 5.41) is 7.42. The zero-order valence-electron chi connectivity index (χ0n) is 12.2. The molecule has 0 saturated heterocycles. The smallest absolute Gasteiger partial charge is 0.187 e. The van der Waals surface area contributed by atoms with E-state index in [0.717, 1.165) is 5.76 Å². The van der Waals surface area contributed by atoms with Crippen LogP contribution in [0.4, 0.5) is 5.82 Å². The first kappa shape index (κ1) is 15.3. The lowest BCUT2D eigenvalue weighted by molar-refractivity contribution is 0.104. The minimum atomic E-state index is -0.112. The Bertz CT molecular complexity index is 652. The van der Waals surface area contributed by atoms with Crippen LogP contribution in [0.5, 0.6) is 0 Å². The zero-order chi connectivity index (χ0) is 15.5. The van der Waals surface area contributed by atoms with Gasteiger partial charge in [-0.25, -0.2) is 0 Å². The summed E-state index contributed by atoms with van der Waals surface area (Å²) in [5.41, 5.74) is 0.475. The average molecular weight is 305 g/mol. The lowest BCUT2D eigenvalue weighted by Gasteiger charge is -2.11. The number of carbonyl (C=O) groups is 1. The molecule has 4 nitrogen and oxygen atoms in total. The summed E-state index contributed by atoms with van der Waals surface area (Å²) in [7, 11) is 0. The van der Waals surface area contributed by atoms with Gasteiger partial charge in [-0.15, -0.1) is 0 Å². The number of carbonyl (C=O) groups excluding carboxylic acids is 1. The first-order valence-corrected chi connectivity index (χ1v) is 6.94. The van der Waals surface area contributed by atoms with E-state index in [4.69, 9.17) is 16.1 Å². The van der Waals surface area contributed by atoms with Crippen LogP contribution in [0.2, 0.25) is 5.02 Å². The fraction of sp³-hybridized carbons (Fsp3) is 0.250. The number of anilines is 1. The van der Waals surface area contributed by atoms with Gasteiger partial charge in [-0.05, 0) is 24.3 Å². The molecule has 0 atom stereocenters. The van der Waals surface area contributed by atoms with E-state index in [-0.39, 0.29) is 11.2 Å². The molecule has 1 heterocycles. The Labute approximate surface area is 128 Å². The van der Waals surface area contributed by atoms with E-state index in [0.29, 0.717) is 16.4 Å². The van der Waals surface area contributed by atoms with E-state index in [1.165, 1.54) is 6.08 Å². The number of aromatic nitrogens is 1. The molecular weight excluding hydrogens is 288 g/mol. The van der Waals surface area contributed by atoms with Gasteiger partial charge in [0.25, 0.3) is 0 Å². The number of ketones is 1. The van der Waals surface area contributed by atoms with Crippen LogP contribution in [-0.4, -0.2) is 10.9 Å². The van der Waals surface area contributed by atoms with E-state index in [2.05, 4.69) is 10.5 Å². The topological polar surface area (TPSA) is 55.1 Å². The molecule has 21 heavy (non-hydrogen) atoms. The van der Waals surface area contributed by atoms with Gasteiger partial charge in [0.2, 0.25) is 0 Å². The molecule has 2 aromatic rings.